The monoisotopic (exact) mass is 307 g/mol. The Balaban J connectivity index is 2.27. The van der Waals surface area contributed by atoms with Crippen LogP contribution in [0.2, 0.25) is 5.02 Å². The van der Waals surface area contributed by atoms with Crippen LogP contribution < -0.4 is 0 Å². The van der Waals surface area contributed by atoms with Crippen LogP contribution in [0.4, 0.5) is 0 Å². The van der Waals surface area contributed by atoms with Crippen LogP contribution in [0.15, 0.2) is 29.3 Å². The van der Waals surface area contributed by atoms with Crippen LogP contribution in [0.1, 0.15) is 31.2 Å². The molecule has 0 radical (unpaired) electrons. The summed E-state index contributed by atoms with van der Waals surface area (Å²) in [5.74, 6) is 1.02. The summed E-state index contributed by atoms with van der Waals surface area (Å²) in [5, 5.41) is 0.803. The molecule has 0 saturated heterocycles. The number of nitrogens with zero attached hydrogens (tertiary/aromatic N) is 3. The molecule has 0 bridgehead atoms. The van der Waals surface area contributed by atoms with Gasteiger partial charge < -0.3 is 9.80 Å². The third-order valence-electron chi connectivity index (χ3n) is 4.34. The van der Waals surface area contributed by atoms with E-state index in [1.807, 2.05) is 40.3 Å². The van der Waals surface area contributed by atoms with Gasteiger partial charge in [-0.25, -0.2) is 0 Å². The fourth-order valence-corrected chi connectivity index (χ4v) is 3.42. The van der Waals surface area contributed by atoms with E-state index in [2.05, 4.69) is 21.9 Å². The van der Waals surface area contributed by atoms with Crippen molar-refractivity contribution in [3.05, 3.63) is 34.9 Å². The largest absolute Gasteiger partial charge is 0.349 e. The summed E-state index contributed by atoms with van der Waals surface area (Å²) in [6.07, 6.45) is 5.01. The van der Waals surface area contributed by atoms with E-state index in [-0.39, 0.29) is 5.41 Å². The molecule has 0 heterocycles. The predicted octanol–water partition coefficient (Wildman–Crippen LogP) is 3.63. The minimum atomic E-state index is 0.182. The normalized spacial score (nSPS) is 16.6. The van der Waals surface area contributed by atoms with E-state index in [4.69, 9.17) is 16.6 Å². The maximum absolute atomic E-state index is 6.03. The van der Waals surface area contributed by atoms with Crippen molar-refractivity contribution in [2.75, 3.05) is 34.7 Å². The molecule has 4 heteroatoms. The third-order valence-corrected chi connectivity index (χ3v) is 4.59. The highest BCUT2D eigenvalue weighted by atomic mass is 35.5. The summed E-state index contributed by atoms with van der Waals surface area (Å²) in [4.78, 5) is 9.06. The lowest BCUT2D eigenvalue weighted by molar-refractivity contribution is 0.432. The molecule has 1 saturated carbocycles. The zero-order valence-corrected chi connectivity index (χ0v) is 14.3. The van der Waals surface area contributed by atoms with Crippen LogP contribution >= 0.6 is 11.6 Å². The Bertz CT molecular complexity index is 475. The average molecular weight is 308 g/mol. The molecule has 3 nitrogen and oxygen atoms in total. The highest BCUT2D eigenvalue weighted by Gasteiger charge is 2.35. The van der Waals surface area contributed by atoms with E-state index in [0.29, 0.717) is 0 Å². The Labute approximate surface area is 133 Å². The van der Waals surface area contributed by atoms with E-state index >= 15 is 0 Å². The topological polar surface area (TPSA) is 18.8 Å². The molecule has 116 valence electrons. The Morgan fingerprint density at radius 2 is 1.57 bits per heavy atom. The summed E-state index contributed by atoms with van der Waals surface area (Å²) in [7, 11) is 8.18. The Kier molecular flexibility index (Phi) is 5.15. The van der Waals surface area contributed by atoms with Gasteiger partial charge in [-0.15, -0.1) is 0 Å². The number of benzene rings is 1. The predicted molar refractivity (Wildman–Crippen MR) is 91.3 cm³/mol. The number of halogens is 1. The third kappa shape index (κ3) is 3.70. The first-order valence-electron chi connectivity index (χ1n) is 7.60. The van der Waals surface area contributed by atoms with Crippen LogP contribution in [-0.2, 0) is 5.41 Å². The highest BCUT2D eigenvalue weighted by molar-refractivity contribution is 6.30. The Morgan fingerprint density at radius 1 is 1.05 bits per heavy atom. The van der Waals surface area contributed by atoms with Crippen molar-refractivity contribution < 1.29 is 0 Å². The zero-order chi connectivity index (χ0) is 15.5. The fraction of sp³-hybridized carbons (Fsp3) is 0.588. The maximum Gasteiger partial charge on any atom is 0.195 e. The van der Waals surface area contributed by atoms with Crippen LogP contribution in [0, 0.1) is 0 Å². The minimum Gasteiger partial charge on any atom is -0.349 e. The van der Waals surface area contributed by atoms with Crippen molar-refractivity contribution in [2.45, 2.75) is 31.1 Å². The second-order valence-corrected chi connectivity index (χ2v) is 6.84. The number of aliphatic imine (C=N–C) groups is 1. The molecule has 1 fully saturated rings. The smallest absolute Gasteiger partial charge is 0.195 e. The fourth-order valence-electron chi connectivity index (χ4n) is 3.30. The standard InChI is InChI=1S/C17H26ClN3/c1-20(2)16(21(3)4)19-13-17(11-5-6-12-17)14-7-9-15(18)10-8-14/h7-10H,5-6,11-13H2,1-4H3. The molecule has 1 aromatic carbocycles. The van der Waals surface area contributed by atoms with Crippen molar-refractivity contribution in [1.29, 1.82) is 0 Å². The van der Waals surface area contributed by atoms with Gasteiger partial charge >= 0.3 is 0 Å². The van der Waals surface area contributed by atoms with Gasteiger partial charge in [0.15, 0.2) is 5.96 Å². The van der Waals surface area contributed by atoms with Crippen molar-refractivity contribution in [1.82, 2.24) is 9.80 Å². The van der Waals surface area contributed by atoms with Gasteiger partial charge in [-0.2, -0.15) is 0 Å². The first-order chi connectivity index (χ1) is 9.94. The van der Waals surface area contributed by atoms with Gasteiger partial charge in [0.2, 0.25) is 0 Å². The molecule has 0 spiro atoms. The average Bonchev–Trinajstić information content (AvgIpc) is 2.89. The van der Waals surface area contributed by atoms with Gasteiger partial charge in [0.1, 0.15) is 0 Å². The molecular formula is C17H26ClN3. The first-order valence-corrected chi connectivity index (χ1v) is 7.97. The van der Waals surface area contributed by atoms with Gasteiger partial charge in [-0.1, -0.05) is 36.6 Å². The molecule has 1 aromatic rings. The van der Waals surface area contributed by atoms with Crippen LogP contribution in [0.3, 0.4) is 0 Å². The van der Waals surface area contributed by atoms with E-state index in [1.54, 1.807) is 0 Å². The lowest BCUT2D eigenvalue weighted by Crippen LogP contribution is -2.37. The Morgan fingerprint density at radius 3 is 2.05 bits per heavy atom. The molecule has 21 heavy (non-hydrogen) atoms. The van der Waals surface area contributed by atoms with Crippen molar-refractivity contribution in [2.24, 2.45) is 4.99 Å². The lowest BCUT2D eigenvalue weighted by atomic mass is 9.79. The van der Waals surface area contributed by atoms with Gasteiger partial charge in [-0.05, 0) is 30.5 Å². The van der Waals surface area contributed by atoms with Crippen molar-refractivity contribution in [3.63, 3.8) is 0 Å². The van der Waals surface area contributed by atoms with Crippen LogP contribution in [0.25, 0.3) is 0 Å². The molecule has 0 atom stereocenters. The Hall–Kier alpha value is -1.22. The quantitative estimate of drug-likeness (QED) is 0.627. The maximum atomic E-state index is 6.03. The van der Waals surface area contributed by atoms with E-state index in [9.17, 15) is 0 Å². The van der Waals surface area contributed by atoms with Crippen LogP contribution in [-0.4, -0.2) is 50.5 Å². The van der Waals surface area contributed by atoms with Crippen LogP contribution in [0.5, 0.6) is 0 Å². The molecule has 0 aromatic heterocycles. The second-order valence-electron chi connectivity index (χ2n) is 6.40. The van der Waals surface area contributed by atoms with E-state index in [0.717, 1.165) is 17.5 Å². The summed E-state index contributed by atoms with van der Waals surface area (Å²) >= 11 is 6.03. The summed E-state index contributed by atoms with van der Waals surface area (Å²) in [6.45, 7) is 0.848. The van der Waals surface area contributed by atoms with Gasteiger partial charge in [0.05, 0.1) is 6.54 Å². The molecule has 1 aliphatic rings. The summed E-state index contributed by atoms with van der Waals surface area (Å²) in [5.41, 5.74) is 1.56. The zero-order valence-electron chi connectivity index (χ0n) is 13.6. The SMILES string of the molecule is CN(C)C(=NCC1(c2ccc(Cl)cc2)CCCC1)N(C)C. The molecule has 2 rings (SSSR count). The molecule has 0 amide bonds. The highest BCUT2D eigenvalue weighted by Crippen LogP contribution is 2.41. The number of hydrogen-bond acceptors (Lipinski definition) is 1. The number of rotatable bonds is 3. The molecular weight excluding hydrogens is 282 g/mol. The molecule has 0 aliphatic heterocycles. The summed E-state index contributed by atoms with van der Waals surface area (Å²) in [6, 6.07) is 8.35. The van der Waals surface area contributed by atoms with Crippen molar-refractivity contribution >= 4 is 17.6 Å². The summed E-state index contributed by atoms with van der Waals surface area (Å²) < 4.78 is 0. The molecule has 0 N–H and O–H groups in total. The van der Waals surface area contributed by atoms with Crippen molar-refractivity contribution in [3.8, 4) is 0 Å². The van der Waals surface area contributed by atoms with Gasteiger partial charge in [-0.3, -0.25) is 4.99 Å². The van der Waals surface area contributed by atoms with Gasteiger partial charge in [0, 0.05) is 38.6 Å². The van der Waals surface area contributed by atoms with E-state index < -0.39 is 0 Å². The first kappa shape index (κ1) is 16.2. The lowest BCUT2D eigenvalue weighted by Gasteiger charge is -2.30. The van der Waals surface area contributed by atoms with Gasteiger partial charge in [0.25, 0.3) is 0 Å². The second kappa shape index (κ2) is 6.69. The van der Waals surface area contributed by atoms with E-state index in [1.165, 1.54) is 31.2 Å². The number of hydrogen-bond donors (Lipinski definition) is 0. The molecule has 1 aliphatic carbocycles. The molecule has 0 unspecified atom stereocenters. The number of guanidine groups is 1. The minimum absolute atomic E-state index is 0.182.